The number of methoxy groups -OCH3 is 3. The minimum absolute atomic E-state index is 0.0791. The highest BCUT2D eigenvalue weighted by Crippen LogP contribution is 2.32. The van der Waals surface area contributed by atoms with E-state index < -0.39 is 28.5 Å². The highest BCUT2D eigenvalue weighted by molar-refractivity contribution is 7.92. The number of benzene rings is 2. The molecule has 1 N–H and O–H groups in total. The summed E-state index contributed by atoms with van der Waals surface area (Å²) < 4.78 is 42.5. The molecule has 0 saturated carbocycles. The fourth-order valence-corrected chi connectivity index (χ4v) is 4.76. The van der Waals surface area contributed by atoms with E-state index in [0.717, 1.165) is 22.5 Å². The van der Waals surface area contributed by atoms with Gasteiger partial charge in [-0.2, -0.15) is 0 Å². The van der Waals surface area contributed by atoms with Crippen LogP contribution in [0.15, 0.2) is 42.5 Å². The van der Waals surface area contributed by atoms with Crippen molar-refractivity contribution in [3.05, 3.63) is 48.0 Å². The van der Waals surface area contributed by atoms with E-state index in [-0.39, 0.29) is 24.2 Å². The van der Waals surface area contributed by atoms with Crippen molar-refractivity contribution in [1.29, 1.82) is 0 Å². The predicted octanol–water partition coefficient (Wildman–Crippen LogP) is 3.20. The number of hydrogen-bond donors (Lipinski definition) is 1. The molecule has 0 aromatic heterocycles. The summed E-state index contributed by atoms with van der Waals surface area (Å²) in [6.45, 7) is 5.24. The topological polar surface area (TPSA) is 114 Å². The average Bonchev–Trinajstić information content (AvgIpc) is 2.90. The van der Waals surface area contributed by atoms with Gasteiger partial charge in [0.2, 0.25) is 21.8 Å². The van der Waals surface area contributed by atoms with Crippen molar-refractivity contribution in [3.63, 3.8) is 0 Å². The predicted molar refractivity (Wildman–Crippen MR) is 147 cm³/mol. The van der Waals surface area contributed by atoms with E-state index >= 15 is 0 Å². The molecule has 11 heteroatoms. The third-order valence-electron chi connectivity index (χ3n) is 6.21. The van der Waals surface area contributed by atoms with E-state index in [9.17, 15) is 18.0 Å². The zero-order chi connectivity index (χ0) is 28.5. The molecule has 2 amide bonds. The molecule has 2 rings (SSSR count). The molecule has 0 spiro atoms. The Labute approximate surface area is 225 Å². The fourth-order valence-electron chi connectivity index (χ4n) is 3.92. The normalized spacial score (nSPS) is 12.7. The van der Waals surface area contributed by atoms with E-state index in [0.29, 0.717) is 23.7 Å². The first-order valence-corrected chi connectivity index (χ1v) is 14.3. The zero-order valence-corrected chi connectivity index (χ0v) is 24.0. The molecular formula is C27H39N3O7S. The zero-order valence-electron chi connectivity index (χ0n) is 23.2. The molecule has 0 heterocycles. The van der Waals surface area contributed by atoms with Crippen LogP contribution in [0.25, 0.3) is 0 Å². The number of amides is 2. The summed E-state index contributed by atoms with van der Waals surface area (Å²) in [5, 5.41) is 2.95. The van der Waals surface area contributed by atoms with Crippen LogP contribution in [0.5, 0.6) is 17.2 Å². The first-order valence-electron chi connectivity index (χ1n) is 12.4. The summed E-state index contributed by atoms with van der Waals surface area (Å²) in [5.74, 6) is 0.520. The molecule has 2 atom stereocenters. The van der Waals surface area contributed by atoms with Gasteiger partial charge in [-0.1, -0.05) is 26.0 Å². The fraction of sp³-hybridized carbons (Fsp3) is 0.481. The number of hydrogen-bond acceptors (Lipinski definition) is 7. The lowest BCUT2D eigenvalue weighted by Gasteiger charge is -2.33. The maximum absolute atomic E-state index is 13.8. The number of nitrogens with zero attached hydrogens (tertiary/aromatic N) is 2. The number of carbonyl (C=O) groups is 2. The molecule has 0 radical (unpaired) electrons. The van der Waals surface area contributed by atoms with Crippen molar-refractivity contribution < 1.29 is 32.2 Å². The lowest BCUT2D eigenvalue weighted by molar-refractivity contribution is -0.140. The van der Waals surface area contributed by atoms with Crippen LogP contribution in [0.3, 0.4) is 0 Å². The van der Waals surface area contributed by atoms with Gasteiger partial charge >= 0.3 is 0 Å². The summed E-state index contributed by atoms with van der Waals surface area (Å²) in [6.07, 6.45) is 2.09. The van der Waals surface area contributed by atoms with Gasteiger partial charge in [-0.3, -0.25) is 13.9 Å². The molecule has 0 bridgehead atoms. The first-order chi connectivity index (χ1) is 18.0. The summed E-state index contributed by atoms with van der Waals surface area (Å²) in [6, 6.07) is 10.9. The van der Waals surface area contributed by atoms with Gasteiger partial charge in [-0.25, -0.2) is 8.42 Å². The van der Waals surface area contributed by atoms with Crippen LogP contribution in [0.1, 0.15) is 39.2 Å². The smallest absolute Gasteiger partial charge is 0.244 e. The Hall–Kier alpha value is -3.47. The van der Waals surface area contributed by atoms with E-state index in [1.54, 1.807) is 31.4 Å². The molecule has 10 nitrogen and oxygen atoms in total. The summed E-state index contributed by atoms with van der Waals surface area (Å²) >= 11 is 0. The largest absolute Gasteiger partial charge is 0.497 e. The SMILES string of the molecule is CC[C@H](C(=O)N[C@@H](C)CC)N(Cc1cccc(OC)c1)C(=O)CN(c1ccc(OC)c(OC)c1)S(C)(=O)=O. The van der Waals surface area contributed by atoms with Crippen LogP contribution in [-0.2, 0) is 26.2 Å². The Bertz CT molecular complexity index is 1200. The highest BCUT2D eigenvalue weighted by Gasteiger charge is 2.32. The van der Waals surface area contributed by atoms with Crippen LogP contribution in [-0.4, -0.2) is 71.3 Å². The van der Waals surface area contributed by atoms with Crippen molar-refractivity contribution in [1.82, 2.24) is 10.2 Å². The molecule has 0 fully saturated rings. The highest BCUT2D eigenvalue weighted by atomic mass is 32.2. The lowest BCUT2D eigenvalue weighted by atomic mass is 10.1. The maximum atomic E-state index is 13.8. The van der Waals surface area contributed by atoms with Gasteiger partial charge in [-0.05, 0) is 49.6 Å². The van der Waals surface area contributed by atoms with Crippen LogP contribution in [0.2, 0.25) is 0 Å². The average molecular weight is 550 g/mol. The molecular weight excluding hydrogens is 510 g/mol. The number of anilines is 1. The molecule has 0 unspecified atom stereocenters. The Morgan fingerprint density at radius 1 is 0.947 bits per heavy atom. The van der Waals surface area contributed by atoms with Crippen LogP contribution < -0.4 is 23.8 Å². The first kappa shape index (κ1) is 30.8. The molecule has 2 aromatic carbocycles. The van der Waals surface area contributed by atoms with Gasteiger partial charge in [0.15, 0.2) is 11.5 Å². The van der Waals surface area contributed by atoms with Crippen LogP contribution in [0, 0.1) is 0 Å². The minimum Gasteiger partial charge on any atom is -0.497 e. The summed E-state index contributed by atoms with van der Waals surface area (Å²) in [7, 11) is 0.577. The number of ether oxygens (including phenoxy) is 3. The van der Waals surface area contributed by atoms with E-state index in [4.69, 9.17) is 14.2 Å². The Morgan fingerprint density at radius 3 is 2.18 bits per heavy atom. The van der Waals surface area contributed by atoms with Crippen molar-refractivity contribution in [2.75, 3.05) is 38.4 Å². The second-order valence-electron chi connectivity index (χ2n) is 8.92. The standard InChI is InChI=1S/C27H39N3O7S/c1-8-19(3)28-27(32)23(9-2)29(17-20-11-10-12-22(15-20)35-4)26(31)18-30(38(7,33)34)21-13-14-24(36-5)25(16-21)37-6/h10-16,19,23H,8-9,17-18H2,1-7H3,(H,28,32)/t19-,23+/m0/s1. The molecule has 0 aliphatic rings. The Kier molecular flexibility index (Phi) is 11.2. The lowest BCUT2D eigenvalue weighted by Crippen LogP contribution is -2.53. The third-order valence-corrected chi connectivity index (χ3v) is 7.35. The minimum atomic E-state index is -3.88. The quantitative estimate of drug-likeness (QED) is 0.385. The molecule has 2 aromatic rings. The second-order valence-corrected chi connectivity index (χ2v) is 10.8. The van der Waals surface area contributed by atoms with E-state index in [1.807, 2.05) is 26.8 Å². The molecule has 0 saturated heterocycles. The van der Waals surface area contributed by atoms with Crippen LogP contribution >= 0.6 is 0 Å². The Balaban J connectivity index is 2.50. The maximum Gasteiger partial charge on any atom is 0.244 e. The molecule has 0 aliphatic heterocycles. The second kappa shape index (κ2) is 13.9. The number of rotatable bonds is 14. The molecule has 38 heavy (non-hydrogen) atoms. The van der Waals surface area contributed by atoms with Gasteiger partial charge in [-0.15, -0.1) is 0 Å². The number of nitrogens with one attached hydrogen (secondary N) is 1. The van der Waals surface area contributed by atoms with Gasteiger partial charge in [0, 0.05) is 18.7 Å². The summed E-state index contributed by atoms with van der Waals surface area (Å²) in [4.78, 5) is 28.5. The Morgan fingerprint density at radius 2 is 1.63 bits per heavy atom. The van der Waals surface area contributed by atoms with Gasteiger partial charge in [0.05, 0.1) is 33.3 Å². The van der Waals surface area contributed by atoms with Crippen molar-refractivity contribution in [2.24, 2.45) is 0 Å². The number of carbonyl (C=O) groups excluding carboxylic acids is 2. The summed E-state index contributed by atoms with van der Waals surface area (Å²) in [5.41, 5.74) is 0.974. The van der Waals surface area contributed by atoms with Gasteiger partial charge < -0.3 is 24.4 Å². The van der Waals surface area contributed by atoms with E-state index in [2.05, 4.69) is 5.32 Å². The van der Waals surface area contributed by atoms with Gasteiger partial charge in [0.1, 0.15) is 18.3 Å². The monoisotopic (exact) mass is 549 g/mol. The van der Waals surface area contributed by atoms with Crippen molar-refractivity contribution in [3.8, 4) is 17.2 Å². The van der Waals surface area contributed by atoms with Crippen molar-refractivity contribution in [2.45, 2.75) is 52.2 Å². The molecule has 0 aliphatic carbocycles. The number of sulfonamides is 1. The van der Waals surface area contributed by atoms with Crippen molar-refractivity contribution >= 4 is 27.5 Å². The van der Waals surface area contributed by atoms with Gasteiger partial charge in [0.25, 0.3) is 0 Å². The molecule has 210 valence electrons. The van der Waals surface area contributed by atoms with Crippen LogP contribution in [0.4, 0.5) is 5.69 Å². The van der Waals surface area contributed by atoms with E-state index in [1.165, 1.54) is 31.3 Å². The third kappa shape index (κ3) is 8.01.